The largest absolute Gasteiger partial charge is 0.355 e. The predicted octanol–water partition coefficient (Wildman–Crippen LogP) is 1.85. The van der Waals surface area contributed by atoms with E-state index in [2.05, 4.69) is 26.9 Å². The fourth-order valence-corrected chi connectivity index (χ4v) is 5.09. The summed E-state index contributed by atoms with van der Waals surface area (Å²) >= 11 is 6.32. The maximum atomic E-state index is 13.1. The van der Waals surface area contributed by atoms with E-state index in [1.54, 1.807) is 13.0 Å². The number of aromatic nitrogens is 1. The third-order valence-corrected chi connectivity index (χ3v) is 6.90. The zero-order valence-corrected chi connectivity index (χ0v) is 18.9. The highest BCUT2D eigenvalue weighted by molar-refractivity contribution is 7.87. The first-order valence-corrected chi connectivity index (χ1v) is 11.6. The summed E-state index contributed by atoms with van der Waals surface area (Å²) in [7, 11) is -3.83. The second-order valence-electron chi connectivity index (χ2n) is 7.51. The molecule has 0 spiro atoms. The minimum absolute atomic E-state index is 0.125. The van der Waals surface area contributed by atoms with Crippen LogP contribution >= 0.6 is 11.6 Å². The molecule has 8 nitrogen and oxygen atoms in total. The Labute approximate surface area is 186 Å². The van der Waals surface area contributed by atoms with Gasteiger partial charge in [0.25, 0.3) is 10.2 Å². The molecular formula is C20H25ClFN5O3S. The van der Waals surface area contributed by atoms with Gasteiger partial charge in [0.05, 0.1) is 23.3 Å². The summed E-state index contributed by atoms with van der Waals surface area (Å²) in [5.41, 5.74) is 2.34. The Morgan fingerprint density at radius 3 is 2.71 bits per heavy atom. The van der Waals surface area contributed by atoms with Crippen LogP contribution in [0.15, 0.2) is 47.3 Å². The van der Waals surface area contributed by atoms with Gasteiger partial charge in [-0.3, -0.25) is 9.78 Å². The Bertz CT molecular complexity index is 1040. The second kappa shape index (κ2) is 9.47. The van der Waals surface area contributed by atoms with Gasteiger partial charge in [0.1, 0.15) is 11.9 Å². The zero-order chi connectivity index (χ0) is 22.8. The molecule has 31 heavy (non-hydrogen) atoms. The molecule has 11 heteroatoms. The molecule has 1 fully saturated rings. The first-order valence-electron chi connectivity index (χ1n) is 9.78. The van der Waals surface area contributed by atoms with Gasteiger partial charge in [0, 0.05) is 24.7 Å². The normalized spacial score (nSPS) is 23.1. The summed E-state index contributed by atoms with van der Waals surface area (Å²) in [6.45, 7) is 8.34. The predicted molar refractivity (Wildman–Crippen MR) is 117 cm³/mol. The van der Waals surface area contributed by atoms with Crippen molar-refractivity contribution in [3.05, 3.63) is 58.8 Å². The number of pyridine rings is 1. The number of hydrogen-bond donors (Lipinski definition) is 3. The topological polar surface area (TPSA) is 103 Å². The van der Waals surface area contributed by atoms with Crippen molar-refractivity contribution in [2.24, 2.45) is 5.92 Å². The van der Waals surface area contributed by atoms with E-state index in [4.69, 9.17) is 11.6 Å². The average molecular weight is 470 g/mol. The van der Waals surface area contributed by atoms with E-state index in [1.807, 2.05) is 6.92 Å². The summed E-state index contributed by atoms with van der Waals surface area (Å²) in [6.07, 6.45) is 3.30. The third kappa shape index (κ3) is 5.51. The Balaban J connectivity index is 1.74. The summed E-state index contributed by atoms with van der Waals surface area (Å²) in [6, 6.07) is 2.04. The van der Waals surface area contributed by atoms with Crippen molar-refractivity contribution in [3.8, 4) is 0 Å². The smallest absolute Gasteiger partial charge is 0.280 e. The number of halogens is 2. The number of carbonyl (C=O) groups is 1. The van der Waals surface area contributed by atoms with E-state index >= 15 is 0 Å². The molecule has 168 valence electrons. The van der Waals surface area contributed by atoms with Crippen molar-refractivity contribution in [2.45, 2.75) is 26.3 Å². The van der Waals surface area contributed by atoms with Crippen LogP contribution in [0.25, 0.3) is 5.70 Å². The summed E-state index contributed by atoms with van der Waals surface area (Å²) in [5, 5.41) is 6.22. The fourth-order valence-electron chi connectivity index (χ4n) is 3.51. The lowest BCUT2D eigenvalue weighted by molar-refractivity contribution is -0.120. The van der Waals surface area contributed by atoms with Crippen LogP contribution in [-0.2, 0) is 15.0 Å². The van der Waals surface area contributed by atoms with Gasteiger partial charge in [0.15, 0.2) is 0 Å². The van der Waals surface area contributed by atoms with Gasteiger partial charge in [-0.25, -0.2) is 4.39 Å². The number of nitrogens with zero attached hydrogens (tertiary/aromatic N) is 2. The molecule has 0 bridgehead atoms. The van der Waals surface area contributed by atoms with Crippen LogP contribution in [0.2, 0.25) is 0 Å². The van der Waals surface area contributed by atoms with Crippen LogP contribution in [0.3, 0.4) is 0 Å². The van der Waals surface area contributed by atoms with E-state index in [0.29, 0.717) is 35.1 Å². The van der Waals surface area contributed by atoms with Crippen LogP contribution in [0.1, 0.15) is 26.0 Å². The van der Waals surface area contributed by atoms with E-state index in [1.165, 1.54) is 16.4 Å². The van der Waals surface area contributed by atoms with Crippen LogP contribution < -0.4 is 15.4 Å². The average Bonchev–Trinajstić information content (AvgIpc) is 3.10. The SMILES string of the molecule is C=C(N/C(C1=CCN(S(=O)(=O)NC2CCNC2=O)C[C@@H]1C)=C(\C)Cl)c1ccc(F)cn1. The molecule has 2 atom stereocenters. The maximum absolute atomic E-state index is 13.1. The lowest BCUT2D eigenvalue weighted by Crippen LogP contribution is -2.50. The van der Waals surface area contributed by atoms with E-state index in [0.717, 1.165) is 11.8 Å². The molecule has 2 aliphatic heterocycles. The van der Waals surface area contributed by atoms with Crippen molar-refractivity contribution in [1.82, 2.24) is 24.6 Å². The number of nitrogens with one attached hydrogen (secondary N) is 3. The van der Waals surface area contributed by atoms with Gasteiger partial charge in [-0.2, -0.15) is 17.4 Å². The van der Waals surface area contributed by atoms with Crippen molar-refractivity contribution in [2.75, 3.05) is 19.6 Å². The maximum Gasteiger partial charge on any atom is 0.280 e. The molecule has 1 aromatic rings. The van der Waals surface area contributed by atoms with Crippen LogP contribution in [-0.4, -0.2) is 49.3 Å². The van der Waals surface area contributed by atoms with Crippen LogP contribution in [0.4, 0.5) is 4.39 Å². The molecule has 0 aliphatic carbocycles. The van der Waals surface area contributed by atoms with Crippen molar-refractivity contribution >= 4 is 33.4 Å². The molecular weight excluding hydrogens is 445 g/mol. The molecule has 0 radical (unpaired) electrons. The number of carbonyl (C=O) groups excluding carboxylic acids is 1. The number of amides is 1. The molecule has 0 saturated carbocycles. The molecule has 1 saturated heterocycles. The van der Waals surface area contributed by atoms with Crippen molar-refractivity contribution in [3.63, 3.8) is 0 Å². The molecule has 2 aliphatic rings. The first kappa shape index (κ1) is 23.4. The monoisotopic (exact) mass is 469 g/mol. The van der Waals surface area contributed by atoms with Crippen molar-refractivity contribution < 1.29 is 17.6 Å². The Morgan fingerprint density at radius 1 is 1.42 bits per heavy atom. The molecule has 3 heterocycles. The quantitative estimate of drug-likeness (QED) is 0.565. The van der Waals surface area contributed by atoms with E-state index in [-0.39, 0.29) is 24.9 Å². The second-order valence-corrected chi connectivity index (χ2v) is 9.78. The summed E-state index contributed by atoms with van der Waals surface area (Å²) in [4.78, 5) is 15.7. The molecule has 3 rings (SSSR count). The van der Waals surface area contributed by atoms with Crippen LogP contribution in [0.5, 0.6) is 0 Å². The van der Waals surface area contributed by atoms with Gasteiger partial charge in [-0.15, -0.1) is 0 Å². The fraction of sp³-hybridized carbons (Fsp3) is 0.400. The highest BCUT2D eigenvalue weighted by atomic mass is 35.5. The molecule has 3 N–H and O–H groups in total. The minimum atomic E-state index is -3.83. The summed E-state index contributed by atoms with van der Waals surface area (Å²) in [5.74, 6) is -0.952. The first-order chi connectivity index (χ1) is 14.6. The number of hydrogen-bond acceptors (Lipinski definition) is 5. The molecule has 0 aromatic carbocycles. The van der Waals surface area contributed by atoms with Crippen molar-refractivity contribution in [1.29, 1.82) is 0 Å². The highest BCUT2D eigenvalue weighted by Crippen LogP contribution is 2.29. The Hall–Kier alpha value is -2.27. The molecule has 1 amide bonds. The number of allylic oxidation sites excluding steroid dienone is 2. The summed E-state index contributed by atoms with van der Waals surface area (Å²) < 4.78 is 42.4. The van der Waals surface area contributed by atoms with E-state index < -0.39 is 22.1 Å². The van der Waals surface area contributed by atoms with Gasteiger partial charge < -0.3 is 10.6 Å². The molecule has 1 aromatic heterocycles. The molecule has 1 unspecified atom stereocenters. The van der Waals surface area contributed by atoms with Crippen LogP contribution in [0, 0.1) is 11.7 Å². The lowest BCUT2D eigenvalue weighted by atomic mass is 9.94. The number of rotatable bonds is 7. The van der Waals surface area contributed by atoms with Gasteiger partial charge in [-0.1, -0.05) is 31.2 Å². The van der Waals surface area contributed by atoms with E-state index in [9.17, 15) is 17.6 Å². The van der Waals surface area contributed by atoms with Gasteiger partial charge in [-0.05, 0) is 37.0 Å². The zero-order valence-electron chi connectivity index (χ0n) is 17.3. The lowest BCUT2D eigenvalue weighted by Gasteiger charge is -2.32. The Morgan fingerprint density at radius 2 is 2.16 bits per heavy atom. The minimum Gasteiger partial charge on any atom is -0.355 e. The van der Waals surface area contributed by atoms with Gasteiger partial charge in [0.2, 0.25) is 5.91 Å². The van der Waals surface area contributed by atoms with Gasteiger partial charge >= 0.3 is 0 Å². The standard InChI is InChI=1S/C20H25ClFN5O3S/c1-12-11-27(31(29,30)26-18-6-8-23-20(18)28)9-7-16(12)19(13(2)21)25-14(3)17-5-4-15(22)10-24-17/h4-5,7,10,12,18,25-26H,3,6,8-9,11H2,1-2H3,(H,23,28)/b19-13+/t12-,18?/m0/s1. The highest BCUT2D eigenvalue weighted by Gasteiger charge is 2.34. The third-order valence-electron chi connectivity index (χ3n) is 5.15. The Kier molecular flexibility index (Phi) is 7.15.